The van der Waals surface area contributed by atoms with E-state index in [1.165, 1.54) is 0 Å². The van der Waals surface area contributed by atoms with Gasteiger partial charge in [0.15, 0.2) is 0 Å². The molecule has 88 valence electrons. The molecule has 0 bridgehead atoms. The number of alkyl halides is 1. The highest BCUT2D eigenvalue weighted by Crippen LogP contribution is 2.00. The Morgan fingerprint density at radius 3 is 1.87 bits per heavy atom. The molecule has 0 rings (SSSR count). The second kappa shape index (κ2) is 8.38. The Kier molecular flexibility index (Phi) is 9.21. The first kappa shape index (κ1) is 16.5. The molecule has 5 nitrogen and oxygen atoms in total. The van der Waals surface area contributed by atoms with Crippen LogP contribution in [0.1, 0.15) is 20.8 Å². The number of hydrogen-bond acceptors (Lipinski definition) is 4. The van der Waals surface area contributed by atoms with Crippen LogP contribution in [0.25, 0.3) is 0 Å². The number of hydrogen-bond donors (Lipinski definition) is 2. The van der Waals surface area contributed by atoms with Gasteiger partial charge in [-0.2, -0.15) is 0 Å². The van der Waals surface area contributed by atoms with Crippen molar-refractivity contribution >= 4 is 29.1 Å². The van der Waals surface area contributed by atoms with E-state index in [1.807, 2.05) is 0 Å². The van der Waals surface area contributed by atoms with Crippen molar-refractivity contribution in [2.45, 2.75) is 26.8 Å². The molecule has 6 heteroatoms. The van der Waals surface area contributed by atoms with Gasteiger partial charge in [-0.15, -0.1) is 11.6 Å². The van der Waals surface area contributed by atoms with Gasteiger partial charge in [-0.25, -0.2) is 0 Å². The molecule has 0 aliphatic rings. The fraction of sp³-hybridized carbons (Fsp3) is 0.667. The first-order valence-corrected chi connectivity index (χ1v) is 4.85. The third kappa shape index (κ3) is 9.37. The van der Waals surface area contributed by atoms with Crippen LogP contribution in [0.15, 0.2) is 0 Å². The van der Waals surface area contributed by atoms with Crippen LogP contribution in [0.3, 0.4) is 0 Å². The number of carbonyl (C=O) groups is 3. The Bertz CT molecular complexity index is 236. The lowest BCUT2D eigenvalue weighted by atomic mass is 9.99. The molecule has 0 heterocycles. The molecule has 0 unspecified atom stereocenters. The minimum absolute atomic E-state index is 0.0188. The summed E-state index contributed by atoms with van der Waals surface area (Å²) in [5.41, 5.74) is 5.41. The lowest BCUT2D eigenvalue weighted by Gasteiger charge is -2.11. The first-order chi connectivity index (χ1) is 6.73. The maximum absolute atomic E-state index is 11.0. The highest BCUT2D eigenvalue weighted by molar-refractivity contribution is 6.48. The number of ketones is 2. The van der Waals surface area contributed by atoms with Gasteiger partial charge in [0.25, 0.3) is 5.97 Å². The summed E-state index contributed by atoms with van der Waals surface area (Å²) in [6.07, 6.45) is 0. The predicted octanol–water partition coefficient (Wildman–Crippen LogP) is 0.438. The summed E-state index contributed by atoms with van der Waals surface area (Å²) in [7, 11) is 0. The van der Waals surface area contributed by atoms with Gasteiger partial charge in [-0.05, 0) is 5.92 Å². The minimum atomic E-state index is -0.833. The van der Waals surface area contributed by atoms with E-state index in [9.17, 15) is 9.59 Å². The van der Waals surface area contributed by atoms with Crippen molar-refractivity contribution < 1.29 is 19.5 Å². The van der Waals surface area contributed by atoms with Gasteiger partial charge in [0, 0.05) is 6.92 Å². The molecule has 0 fully saturated rings. The summed E-state index contributed by atoms with van der Waals surface area (Å²) < 4.78 is 0. The van der Waals surface area contributed by atoms with E-state index in [0.717, 1.165) is 6.92 Å². The monoisotopic (exact) mass is 237 g/mol. The fourth-order valence-corrected chi connectivity index (χ4v) is 0.686. The van der Waals surface area contributed by atoms with Crippen LogP contribution in [0.4, 0.5) is 0 Å². The highest BCUT2D eigenvalue weighted by atomic mass is 35.5. The number of halogens is 1. The molecule has 3 N–H and O–H groups in total. The van der Waals surface area contributed by atoms with Crippen molar-refractivity contribution in [3.8, 4) is 0 Å². The van der Waals surface area contributed by atoms with Crippen LogP contribution in [-0.4, -0.2) is 34.6 Å². The van der Waals surface area contributed by atoms with E-state index in [4.69, 9.17) is 27.2 Å². The zero-order valence-electron chi connectivity index (χ0n) is 8.99. The second-order valence-electron chi connectivity index (χ2n) is 3.21. The van der Waals surface area contributed by atoms with Gasteiger partial charge in [0.1, 0.15) is 0 Å². The van der Waals surface area contributed by atoms with E-state index in [1.54, 1.807) is 13.8 Å². The number of carboxylic acids is 1. The van der Waals surface area contributed by atoms with Crippen LogP contribution in [0.2, 0.25) is 0 Å². The topological polar surface area (TPSA) is 97.5 Å². The molecule has 0 spiro atoms. The summed E-state index contributed by atoms with van der Waals surface area (Å²) in [6.45, 7) is 4.65. The van der Waals surface area contributed by atoms with Gasteiger partial charge in [-0.3, -0.25) is 14.4 Å². The molecule has 0 aromatic carbocycles. The number of aliphatic carboxylic acids is 1. The summed E-state index contributed by atoms with van der Waals surface area (Å²) in [6, 6.07) is -0.707. The number of carbonyl (C=O) groups excluding carboxylic acids is 2. The van der Waals surface area contributed by atoms with Gasteiger partial charge < -0.3 is 10.8 Å². The van der Waals surface area contributed by atoms with Gasteiger partial charge in [0.05, 0.1) is 11.9 Å². The smallest absolute Gasteiger partial charge is 0.300 e. The molecule has 0 saturated carbocycles. The predicted molar refractivity (Wildman–Crippen MR) is 56.9 cm³/mol. The largest absolute Gasteiger partial charge is 0.481 e. The number of Topliss-reactive ketones (excluding diaryl/α,β-unsaturated/α-hetero) is 2. The Morgan fingerprint density at radius 1 is 1.33 bits per heavy atom. The Balaban J connectivity index is 0. The van der Waals surface area contributed by atoms with Gasteiger partial charge >= 0.3 is 0 Å². The Hall–Kier alpha value is -0.940. The molecule has 0 amide bonds. The van der Waals surface area contributed by atoms with Crippen molar-refractivity contribution in [2.24, 2.45) is 11.7 Å². The molecule has 0 radical (unpaired) electrons. The maximum atomic E-state index is 11.0. The second-order valence-corrected chi connectivity index (χ2v) is 3.48. The van der Waals surface area contributed by atoms with E-state index in [2.05, 4.69) is 0 Å². The lowest BCUT2D eigenvalue weighted by molar-refractivity contribution is -0.136. The molecule has 15 heavy (non-hydrogen) atoms. The van der Waals surface area contributed by atoms with Crippen LogP contribution < -0.4 is 5.73 Å². The number of nitrogens with two attached hydrogens (primary N) is 1. The number of rotatable bonds is 4. The van der Waals surface area contributed by atoms with Crippen LogP contribution >= 0.6 is 11.6 Å². The maximum Gasteiger partial charge on any atom is 0.300 e. The average molecular weight is 238 g/mol. The van der Waals surface area contributed by atoms with Crippen molar-refractivity contribution in [1.29, 1.82) is 0 Å². The van der Waals surface area contributed by atoms with Gasteiger partial charge in [-0.1, -0.05) is 13.8 Å². The standard InChI is InChI=1S/C7H12ClNO2.C2H4O2/c1-4(2)6(9)7(11)5(10)3-8;1-2(3)4/h4,6H,3,9H2,1-2H3;1H3,(H,3,4)/t6-;/m0./s1. The van der Waals surface area contributed by atoms with Gasteiger partial charge in [0.2, 0.25) is 11.6 Å². The lowest BCUT2D eigenvalue weighted by Crippen LogP contribution is -2.40. The van der Waals surface area contributed by atoms with Crippen molar-refractivity contribution in [2.75, 3.05) is 5.88 Å². The van der Waals surface area contributed by atoms with Crippen LogP contribution in [0, 0.1) is 5.92 Å². The molecule has 0 saturated heterocycles. The zero-order valence-corrected chi connectivity index (χ0v) is 9.75. The third-order valence-electron chi connectivity index (χ3n) is 1.42. The summed E-state index contributed by atoms with van der Waals surface area (Å²) in [5.74, 6) is -2.31. The SMILES string of the molecule is CC(=O)O.CC(C)[C@H](N)C(=O)C(=O)CCl. The van der Waals surface area contributed by atoms with E-state index in [-0.39, 0.29) is 11.8 Å². The average Bonchev–Trinajstić information content (AvgIpc) is 2.13. The summed E-state index contributed by atoms with van der Waals surface area (Å²) in [5, 5.41) is 7.42. The van der Waals surface area contributed by atoms with Crippen molar-refractivity contribution in [1.82, 2.24) is 0 Å². The normalized spacial score (nSPS) is 11.3. The molecule has 0 aromatic heterocycles. The Morgan fingerprint density at radius 2 is 1.67 bits per heavy atom. The third-order valence-corrected chi connectivity index (χ3v) is 1.66. The molecule has 0 aliphatic heterocycles. The molecule has 1 atom stereocenters. The number of carboxylic acid groups (broad SMARTS) is 1. The van der Waals surface area contributed by atoms with E-state index >= 15 is 0 Å². The van der Waals surface area contributed by atoms with E-state index in [0.29, 0.717) is 0 Å². The fourth-order valence-electron chi connectivity index (χ4n) is 0.554. The zero-order chi connectivity index (χ0) is 12.6. The molecule has 0 aliphatic carbocycles. The van der Waals surface area contributed by atoms with Crippen molar-refractivity contribution in [3.05, 3.63) is 0 Å². The molecule has 0 aromatic rings. The Labute approximate surface area is 93.6 Å². The van der Waals surface area contributed by atoms with Crippen LogP contribution in [-0.2, 0) is 14.4 Å². The minimum Gasteiger partial charge on any atom is -0.481 e. The quantitative estimate of drug-likeness (QED) is 0.546. The molecular weight excluding hydrogens is 222 g/mol. The highest BCUT2D eigenvalue weighted by Gasteiger charge is 2.22. The first-order valence-electron chi connectivity index (χ1n) is 4.32. The van der Waals surface area contributed by atoms with Crippen LogP contribution in [0.5, 0.6) is 0 Å². The molecular formula is C9H16ClNO4. The summed E-state index contributed by atoms with van der Waals surface area (Å²) >= 11 is 5.17. The summed E-state index contributed by atoms with van der Waals surface area (Å²) in [4.78, 5) is 30.7. The van der Waals surface area contributed by atoms with Crippen molar-refractivity contribution in [3.63, 3.8) is 0 Å². The van der Waals surface area contributed by atoms with E-state index < -0.39 is 23.6 Å².